The van der Waals surface area contributed by atoms with E-state index in [9.17, 15) is 5.11 Å². The number of phenolic OH excluding ortho intramolecular Hbond substituents is 1. The van der Waals surface area contributed by atoms with Crippen LogP contribution in [0.4, 0.5) is 5.69 Å². The lowest BCUT2D eigenvalue weighted by atomic mass is 9.65. The van der Waals surface area contributed by atoms with Crippen molar-refractivity contribution in [2.75, 3.05) is 11.4 Å². The lowest BCUT2D eigenvalue weighted by Gasteiger charge is -2.39. The minimum absolute atomic E-state index is 0.354. The van der Waals surface area contributed by atoms with Crippen molar-refractivity contribution < 1.29 is 5.11 Å². The first-order valence-electron chi connectivity index (χ1n) is 6.93. The van der Waals surface area contributed by atoms with Crippen molar-refractivity contribution in [1.82, 2.24) is 0 Å². The average molecular weight is 245 g/mol. The molecule has 2 aliphatic rings. The molecule has 0 radical (unpaired) electrons. The Balaban J connectivity index is 1.90. The number of fused-ring (bicyclic) bond motifs is 2. The van der Waals surface area contributed by atoms with Crippen LogP contribution in [0.15, 0.2) is 24.3 Å². The highest BCUT2D eigenvalue weighted by Gasteiger charge is 2.49. The number of nitrogens with zero attached hydrogens (tertiary/aromatic N) is 1. The molecule has 98 valence electrons. The minimum Gasteiger partial charge on any atom is -0.508 e. The number of rotatable bonds is 1. The summed E-state index contributed by atoms with van der Waals surface area (Å²) in [6, 6.07) is 8.36. The van der Waals surface area contributed by atoms with Gasteiger partial charge in [-0.3, -0.25) is 0 Å². The van der Waals surface area contributed by atoms with Crippen LogP contribution in [0.3, 0.4) is 0 Å². The second-order valence-corrected chi connectivity index (χ2v) is 7.36. The van der Waals surface area contributed by atoms with Crippen LogP contribution in [0.1, 0.15) is 40.0 Å². The summed E-state index contributed by atoms with van der Waals surface area (Å²) in [5.74, 6) is 0.354. The molecule has 1 aliphatic heterocycles. The van der Waals surface area contributed by atoms with Crippen LogP contribution in [-0.4, -0.2) is 17.7 Å². The highest BCUT2D eigenvalue weighted by atomic mass is 16.3. The number of phenols is 1. The number of hydrogen-bond acceptors (Lipinski definition) is 2. The summed E-state index contributed by atoms with van der Waals surface area (Å²) in [5, 5.41) is 9.40. The van der Waals surface area contributed by atoms with Crippen molar-refractivity contribution in [3.63, 3.8) is 0 Å². The van der Waals surface area contributed by atoms with Gasteiger partial charge in [0, 0.05) is 18.3 Å². The predicted octanol–water partition coefficient (Wildman–Crippen LogP) is 3.80. The number of anilines is 1. The van der Waals surface area contributed by atoms with Gasteiger partial charge in [-0.25, -0.2) is 0 Å². The van der Waals surface area contributed by atoms with Crippen LogP contribution in [0.5, 0.6) is 5.75 Å². The van der Waals surface area contributed by atoms with Gasteiger partial charge in [-0.2, -0.15) is 0 Å². The van der Waals surface area contributed by atoms with Crippen molar-refractivity contribution in [3.05, 3.63) is 24.3 Å². The van der Waals surface area contributed by atoms with Crippen molar-refractivity contribution >= 4 is 5.69 Å². The summed E-state index contributed by atoms with van der Waals surface area (Å²) in [5.41, 5.74) is 2.19. The molecule has 0 aromatic heterocycles. The maximum atomic E-state index is 9.40. The smallest absolute Gasteiger partial charge is 0.115 e. The lowest BCUT2D eigenvalue weighted by Crippen LogP contribution is -2.34. The Morgan fingerprint density at radius 2 is 1.78 bits per heavy atom. The van der Waals surface area contributed by atoms with E-state index in [-0.39, 0.29) is 0 Å². The van der Waals surface area contributed by atoms with Gasteiger partial charge < -0.3 is 10.0 Å². The molecular formula is C16H23NO. The van der Waals surface area contributed by atoms with Gasteiger partial charge >= 0.3 is 0 Å². The molecule has 1 aromatic rings. The molecule has 1 heterocycles. The molecule has 1 saturated carbocycles. The molecular weight excluding hydrogens is 222 g/mol. The van der Waals surface area contributed by atoms with Crippen LogP contribution in [0.25, 0.3) is 0 Å². The lowest BCUT2D eigenvalue weighted by molar-refractivity contribution is 0.136. The predicted molar refractivity (Wildman–Crippen MR) is 75.0 cm³/mol. The van der Waals surface area contributed by atoms with Gasteiger partial charge in [-0.1, -0.05) is 20.8 Å². The summed E-state index contributed by atoms with van der Waals surface area (Å²) in [4.78, 5) is 2.55. The normalized spacial score (nSPS) is 33.7. The quantitative estimate of drug-likeness (QED) is 0.813. The van der Waals surface area contributed by atoms with Crippen LogP contribution >= 0.6 is 0 Å². The van der Waals surface area contributed by atoms with E-state index in [4.69, 9.17) is 0 Å². The molecule has 18 heavy (non-hydrogen) atoms. The first kappa shape index (κ1) is 11.9. The molecule has 1 N–H and O–H groups in total. The van der Waals surface area contributed by atoms with Gasteiger partial charge in [0.2, 0.25) is 0 Å². The van der Waals surface area contributed by atoms with E-state index in [0.717, 1.165) is 6.54 Å². The van der Waals surface area contributed by atoms with E-state index in [2.05, 4.69) is 25.7 Å². The molecule has 0 amide bonds. The van der Waals surface area contributed by atoms with Crippen LogP contribution in [-0.2, 0) is 0 Å². The fourth-order valence-electron chi connectivity index (χ4n) is 4.41. The summed E-state index contributed by atoms with van der Waals surface area (Å²) in [6.07, 6.45) is 3.92. The first-order valence-corrected chi connectivity index (χ1v) is 6.93. The molecule has 2 fully saturated rings. The van der Waals surface area contributed by atoms with E-state index in [1.807, 2.05) is 12.1 Å². The Hall–Kier alpha value is -1.18. The molecule has 1 aromatic carbocycles. The Morgan fingerprint density at radius 1 is 1.11 bits per heavy atom. The number of aromatic hydroxyl groups is 1. The fourth-order valence-corrected chi connectivity index (χ4v) is 4.41. The topological polar surface area (TPSA) is 23.5 Å². The van der Waals surface area contributed by atoms with Crippen molar-refractivity contribution in [1.29, 1.82) is 0 Å². The summed E-state index contributed by atoms with van der Waals surface area (Å²) < 4.78 is 0. The van der Waals surface area contributed by atoms with E-state index in [1.165, 1.54) is 24.9 Å². The van der Waals surface area contributed by atoms with Gasteiger partial charge in [-0.15, -0.1) is 0 Å². The maximum Gasteiger partial charge on any atom is 0.115 e. The molecule has 2 atom stereocenters. The Morgan fingerprint density at radius 3 is 2.44 bits per heavy atom. The number of benzene rings is 1. The fraction of sp³-hybridized carbons (Fsp3) is 0.625. The number of hydrogen-bond donors (Lipinski definition) is 1. The third-order valence-electron chi connectivity index (χ3n) is 4.60. The second kappa shape index (κ2) is 3.66. The van der Waals surface area contributed by atoms with Crippen LogP contribution in [0.2, 0.25) is 0 Å². The third-order valence-corrected chi connectivity index (χ3v) is 4.60. The highest BCUT2D eigenvalue weighted by Crippen LogP contribution is 2.53. The molecule has 0 spiro atoms. The first-order chi connectivity index (χ1) is 8.37. The van der Waals surface area contributed by atoms with Gasteiger partial charge in [0.05, 0.1) is 0 Å². The Bertz CT molecular complexity index is 451. The maximum absolute atomic E-state index is 9.40. The third kappa shape index (κ3) is 1.98. The van der Waals surface area contributed by atoms with Gasteiger partial charge in [0.25, 0.3) is 0 Å². The van der Waals surface area contributed by atoms with E-state index < -0.39 is 0 Å². The van der Waals surface area contributed by atoms with E-state index in [0.29, 0.717) is 22.6 Å². The van der Waals surface area contributed by atoms with E-state index in [1.54, 1.807) is 12.1 Å². The molecule has 2 nitrogen and oxygen atoms in total. The van der Waals surface area contributed by atoms with Crippen molar-refractivity contribution in [3.8, 4) is 5.75 Å². The average Bonchev–Trinajstić information content (AvgIpc) is 2.49. The molecule has 1 saturated heterocycles. The molecule has 1 aliphatic carbocycles. The second-order valence-electron chi connectivity index (χ2n) is 7.36. The van der Waals surface area contributed by atoms with Crippen molar-refractivity contribution in [2.45, 2.75) is 46.1 Å². The van der Waals surface area contributed by atoms with Gasteiger partial charge in [0.1, 0.15) is 5.75 Å². The largest absolute Gasteiger partial charge is 0.508 e. The monoisotopic (exact) mass is 245 g/mol. The van der Waals surface area contributed by atoms with Gasteiger partial charge in [0.15, 0.2) is 0 Å². The van der Waals surface area contributed by atoms with E-state index >= 15 is 0 Å². The summed E-state index contributed by atoms with van der Waals surface area (Å²) >= 11 is 0. The zero-order chi connectivity index (χ0) is 13.0. The molecule has 2 bridgehead atoms. The van der Waals surface area contributed by atoms with Crippen LogP contribution in [0, 0.1) is 10.8 Å². The highest BCUT2D eigenvalue weighted by molar-refractivity contribution is 5.51. The van der Waals surface area contributed by atoms with Gasteiger partial charge in [-0.05, 0) is 54.4 Å². The van der Waals surface area contributed by atoms with Crippen molar-refractivity contribution in [2.24, 2.45) is 10.8 Å². The molecule has 3 rings (SSSR count). The summed E-state index contributed by atoms with van der Waals surface area (Å²) in [6.45, 7) is 8.39. The SMILES string of the molecule is CC1(C)CC2CC(C)(CN2c2ccc(O)cc2)C1. The summed E-state index contributed by atoms with van der Waals surface area (Å²) in [7, 11) is 0. The molecule has 2 heteroatoms. The zero-order valence-corrected chi connectivity index (χ0v) is 11.6. The van der Waals surface area contributed by atoms with Crippen LogP contribution < -0.4 is 4.90 Å². The Labute approximate surface area is 110 Å². The zero-order valence-electron chi connectivity index (χ0n) is 11.6. The Kier molecular flexibility index (Phi) is 2.42. The minimum atomic E-state index is 0.354. The molecule has 2 unspecified atom stereocenters. The standard InChI is InChI=1S/C16H23NO/c1-15(2)8-13-9-16(3,10-15)11-17(13)12-4-6-14(18)7-5-12/h4-7,13,18H,8-11H2,1-3H3.